The van der Waals surface area contributed by atoms with Gasteiger partial charge in [0.15, 0.2) is 0 Å². The fourth-order valence-electron chi connectivity index (χ4n) is 2.39. The maximum Gasteiger partial charge on any atom is 0.311 e. The van der Waals surface area contributed by atoms with Gasteiger partial charge in [-0.25, -0.2) is 4.39 Å². The molecule has 0 radical (unpaired) electrons. The van der Waals surface area contributed by atoms with Crippen LogP contribution in [-0.4, -0.2) is 16.1 Å². The van der Waals surface area contributed by atoms with Crippen LogP contribution in [0.2, 0.25) is 0 Å². The van der Waals surface area contributed by atoms with Gasteiger partial charge in [-0.2, -0.15) is 0 Å². The predicted molar refractivity (Wildman–Crippen MR) is 71.5 cm³/mol. The molecule has 2 rings (SSSR count). The summed E-state index contributed by atoms with van der Waals surface area (Å²) in [5, 5.41) is 10.8. The minimum Gasteiger partial charge on any atom is -0.481 e. The van der Waals surface area contributed by atoms with Gasteiger partial charge in [-0.15, -0.1) is 0 Å². The molecule has 4 heteroatoms. The van der Waals surface area contributed by atoms with Gasteiger partial charge in [0.25, 0.3) is 0 Å². The lowest BCUT2D eigenvalue weighted by Gasteiger charge is -2.28. The Morgan fingerprint density at radius 3 is 2.58 bits per heavy atom. The van der Waals surface area contributed by atoms with E-state index in [9.17, 15) is 14.3 Å². The number of benzene rings is 1. The molecular weight excluding hydrogens is 245 g/mol. The Balaban J connectivity index is 2.79. The number of hydrogen-bond donors (Lipinski definition) is 1. The van der Waals surface area contributed by atoms with Crippen LogP contribution in [0.15, 0.2) is 30.6 Å². The molecule has 1 atom stereocenters. The average molecular weight is 261 g/mol. The van der Waals surface area contributed by atoms with Crippen LogP contribution in [0.4, 0.5) is 4.39 Å². The maximum atomic E-state index is 14.2. The molecule has 0 aliphatic rings. The fourth-order valence-corrected chi connectivity index (χ4v) is 2.39. The van der Waals surface area contributed by atoms with Crippen molar-refractivity contribution in [1.29, 1.82) is 0 Å². The number of aliphatic carboxylic acids is 1. The molecule has 100 valence electrons. The highest BCUT2D eigenvalue weighted by Gasteiger charge is 2.35. The molecule has 0 aliphatic heterocycles. The van der Waals surface area contributed by atoms with E-state index in [1.165, 1.54) is 6.07 Å². The number of rotatable bonds is 2. The first-order valence-electron chi connectivity index (χ1n) is 6.07. The van der Waals surface area contributed by atoms with E-state index in [1.807, 2.05) is 0 Å². The third kappa shape index (κ3) is 2.43. The van der Waals surface area contributed by atoms with Crippen LogP contribution in [0.3, 0.4) is 0 Å². The highest BCUT2D eigenvalue weighted by Crippen LogP contribution is 2.39. The number of halogens is 1. The molecule has 0 fully saturated rings. The van der Waals surface area contributed by atoms with Crippen LogP contribution in [0.25, 0.3) is 10.8 Å². The van der Waals surface area contributed by atoms with E-state index < -0.39 is 23.1 Å². The van der Waals surface area contributed by atoms with Crippen molar-refractivity contribution in [3.63, 3.8) is 0 Å². The van der Waals surface area contributed by atoms with E-state index in [0.29, 0.717) is 5.39 Å². The zero-order valence-electron chi connectivity index (χ0n) is 11.1. The number of hydrogen-bond acceptors (Lipinski definition) is 2. The van der Waals surface area contributed by atoms with Gasteiger partial charge in [0.05, 0.1) is 5.92 Å². The van der Waals surface area contributed by atoms with Crippen molar-refractivity contribution in [3.8, 4) is 0 Å². The predicted octanol–water partition coefficient (Wildman–Crippen LogP) is 3.59. The van der Waals surface area contributed by atoms with Crippen molar-refractivity contribution < 1.29 is 14.3 Å². The molecule has 2 aromatic rings. The number of nitrogens with zero attached hydrogens (tertiary/aromatic N) is 1. The summed E-state index contributed by atoms with van der Waals surface area (Å²) >= 11 is 0. The zero-order chi connectivity index (χ0) is 14.2. The Bertz CT molecular complexity index is 632. The van der Waals surface area contributed by atoms with Gasteiger partial charge in [0.2, 0.25) is 0 Å². The molecule has 0 saturated carbocycles. The first-order chi connectivity index (χ1) is 8.82. The van der Waals surface area contributed by atoms with Crippen molar-refractivity contribution >= 4 is 16.7 Å². The van der Waals surface area contributed by atoms with Gasteiger partial charge >= 0.3 is 5.97 Å². The zero-order valence-corrected chi connectivity index (χ0v) is 11.1. The molecule has 19 heavy (non-hydrogen) atoms. The SMILES string of the molecule is CC(C)(C)C(C(=O)O)c1c(F)ccc2cnccc12. The molecule has 1 heterocycles. The largest absolute Gasteiger partial charge is 0.481 e. The van der Waals surface area contributed by atoms with Crippen molar-refractivity contribution in [1.82, 2.24) is 4.98 Å². The van der Waals surface area contributed by atoms with E-state index in [1.54, 1.807) is 45.3 Å². The number of carboxylic acid groups (broad SMARTS) is 1. The highest BCUT2D eigenvalue weighted by molar-refractivity contribution is 5.90. The maximum absolute atomic E-state index is 14.2. The number of aromatic nitrogens is 1. The summed E-state index contributed by atoms with van der Waals surface area (Å²) in [7, 11) is 0. The summed E-state index contributed by atoms with van der Waals surface area (Å²) in [5.41, 5.74) is -0.343. The topological polar surface area (TPSA) is 50.2 Å². The molecule has 0 aliphatic carbocycles. The summed E-state index contributed by atoms with van der Waals surface area (Å²) in [6.45, 7) is 5.39. The van der Waals surface area contributed by atoms with Crippen molar-refractivity contribution in [2.75, 3.05) is 0 Å². The van der Waals surface area contributed by atoms with E-state index in [4.69, 9.17) is 0 Å². The Hall–Kier alpha value is -1.97. The third-order valence-corrected chi connectivity index (χ3v) is 3.21. The molecular formula is C15H16FNO2. The summed E-state index contributed by atoms with van der Waals surface area (Å²) in [4.78, 5) is 15.5. The molecule has 1 unspecified atom stereocenters. The molecule has 0 spiro atoms. The number of carboxylic acids is 1. The summed E-state index contributed by atoms with van der Waals surface area (Å²) < 4.78 is 14.2. The lowest BCUT2D eigenvalue weighted by atomic mass is 9.75. The number of fused-ring (bicyclic) bond motifs is 1. The quantitative estimate of drug-likeness (QED) is 0.898. The van der Waals surface area contributed by atoms with Gasteiger partial charge in [-0.05, 0) is 29.0 Å². The number of pyridine rings is 1. The van der Waals surface area contributed by atoms with Crippen LogP contribution in [0, 0.1) is 11.2 Å². The smallest absolute Gasteiger partial charge is 0.311 e. The standard InChI is InChI=1S/C15H16FNO2/c1-15(2,3)13(14(18)19)12-10-6-7-17-8-9(10)4-5-11(12)16/h4-8,13H,1-3H3,(H,18,19). The highest BCUT2D eigenvalue weighted by atomic mass is 19.1. The summed E-state index contributed by atoms with van der Waals surface area (Å²) in [6.07, 6.45) is 3.16. The lowest BCUT2D eigenvalue weighted by molar-refractivity contribution is -0.141. The molecule has 0 amide bonds. The van der Waals surface area contributed by atoms with Gasteiger partial charge in [-0.3, -0.25) is 9.78 Å². The second-order valence-corrected chi connectivity index (χ2v) is 5.70. The summed E-state index contributed by atoms with van der Waals surface area (Å²) in [5.74, 6) is -2.41. The third-order valence-electron chi connectivity index (χ3n) is 3.21. The average Bonchev–Trinajstić information content (AvgIpc) is 2.30. The minimum atomic E-state index is -1.02. The Morgan fingerprint density at radius 2 is 2.00 bits per heavy atom. The minimum absolute atomic E-state index is 0.236. The fraction of sp³-hybridized carbons (Fsp3) is 0.333. The monoisotopic (exact) mass is 261 g/mol. The van der Waals surface area contributed by atoms with Gasteiger partial charge in [-0.1, -0.05) is 20.8 Å². The van der Waals surface area contributed by atoms with E-state index in [-0.39, 0.29) is 5.56 Å². The summed E-state index contributed by atoms with van der Waals surface area (Å²) in [6, 6.07) is 4.58. The van der Waals surface area contributed by atoms with Crippen LogP contribution in [-0.2, 0) is 4.79 Å². The lowest BCUT2D eigenvalue weighted by Crippen LogP contribution is -2.27. The second-order valence-electron chi connectivity index (χ2n) is 5.70. The first kappa shape index (κ1) is 13.5. The van der Waals surface area contributed by atoms with Crippen LogP contribution < -0.4 is 0 Å². The molecule has 1 aromatic carbocycles. The van der Waals surface area contributed by atoms with Crippen molar-refractivity contribution in [2.45, 2.75) is 26.7 Å². The van der Waals surface area contributed by atoms with Crippen LogP contribution >= 0.6 is 0 Å². The van der Waals surface area contributed by atoms with Gasteiger partial charge in [0.1, 0.15) is 5.82 Å². The van der Waals surface area contributed by atoms with Gasteiger partial charge in [0, 0.05) is 23.3 Å². The van der Waals surface area contributed by atoms with Crippen LogP contribution in [0.5, 0.6) is 0 Å². The Labute approximate surface area is 111 Å². The second kappa shape index (κ2) is 4.61. The Morgan fingerprint density at radius 1 is 1.32 bits per heavy atom. The van der Waals surface area contributed by atoms with E-state index in [0.717, 1.165) is 5.39 Å². The van der Waals surface area contributed by atoms with Crippen molar-refractivity contribution in [2.24, 2.45) is 5.41 Å². The van der Waals surface area contributed by atoms with Crippen LogP contribution in [0.1, 0.15) is 32.3 Å². The van der Waals surface area contributed by atoms with E-state index in [2.05, 4.69) is 4.98 Å². The molecule has 3 nitrogen and oxygen atoms in total. The van der Waals surface area contributed by atoms with Gasteiger partial charge < -0.3 is 5.11 Å². The molecule has 1 N–H and O–H groups in total. The Kier molecular flexibility index (Phi) is 3.27. The van der Waals surface area contributed by atoms with Crippen molar-refractivity contribution in [3.05, 3.63) is 42.0 Å². The molecule has 1 aromatic heterocycles. The first-order valence-corrected chi connectivity index (χ1v) is 6.07. The molecule has 0 saturated heterocycles. The number of carbonyl (C=O) groups is 1. The normalized spacial score (nSPS) is 13.5. The van der Waals surface area contributed by atoms with E-state index >= 15 is 0 Å². The molecule has 0 bridgehead atoms.